The molecule has 31 heavy (non-hydrogen) atoms. The zero-order valence-electron chi connectivity index (χ0n) is 16.1. The number of carbonyl (C=O) groups excluding carboxylic acids is 1. The van der Waals surface area contributed by atoms with Gasteiger partial charge in [0, 0.05) is 0 Å². The van der Waals surface area contributed by atoms with E-state index in [1.807, 2.05) is 0 Å². The van der Waals surface area contributed by atoms with Crippen LogP contribution in [0.2, 0.25) is 0 Å². The Bertz CT molecular complexity index is 1060. The molecule has 0 bridgehead atoms. The molecule has 1 amide bonds. The highest BCUT2D eigenvalue weighted by Gasteiger charge is 2.34. The van der Waals surface area contributed by atoms with Gasteiger partial charge in [0.2, 0.25) is 11.1 Å². The fraction of sp³-hybridized carbons (Fsp3) is 0.211. The predicted octanol–water partition coefficient (Wildman–Crippen LogP) is 3.85. The third-order valence-electron chi connectivity index (χ3n) is 4.06. The van der Waals surface area contributed by atoms with E-state index >= 15 is 0 Å². The molecule has 1 heterocycles. The molecule has 3 aromatic rings. The molecule has 1 atom stereocenters. The number of anilines is 1. The molecule has 0 spiro atoms. The summed E-state index contributed by atoms with van der Waals surface area (Å²) in [5.41, 5.74) is -1.28. The molecule has 0 aliphatic heterocycles. The number of benzene rings is 2. The van der Waals surface area contributed by atoms with Crippen LogP contribution >= 0.6 is 11.8 Å². The van der Waals surface area contributed by atoms with Crippen molar-refractivity contribution in [3.8, 4) is 5.75 Å². The fourth-order valence-corrected chi connectivity index (χ4v) is 3.24. The molecule has 3 N–H and O–H groups in total. The maximum absolute atomic E-state index is 13.1. The number of nitrogens with two attached hydrogens (primary N) is 1. The number of hydrogen-bond donors (Lipinski definition) is 2. The number of hydrogen-bond acceptors (Lipinski definition) is 6. The quantitative estimate of drug-likeness (QED) is 0.319. The van der Waals surface area contributed by atoms with E-state index in [9.17, 15) is 22.4 Å². The number of nitrogens with zero attached hydrogens (tertiary/aromatic N) is 3. The molecule has 1 aromatic heterocycles. The molecule has 7 nitrogen and oxygen atoms in total. The van der Waals surface area contributed by atoms with Crippen LogP contribution in [0.15, 0.2) is 53.7 Å². The van der Waals surface area contributed by atoms with Crippen LogP contribution in [0, 0.1) is 5.82 Å². The number of para-hydroxylation sites is 1. The minimum absolute atomic E-state index is 0.0603. The van der Waals surface area contributed by atoms with Crippen LogP contribution in [0.5, 0.6) is 5.75 Å². The van der Waals surface area contributed by atoms with Crippen molar-refractivity contribution in [2.24, 2.45) is 0 Å². The van der Waals surface area contributed by atoms with Crippen molar-refractivity contribution in [3.05, 3.63) is 65.7 Å². The highest BCUT2D eigenvalue weighted by atomic mass is 32.2. The smallest absolute Gasteiger partial charge is 0.418 e. The number of carbonyl (C=O) groups is 1. The standard InChI is InChI=1S/C19H17F4N5O2S/c1-11(17(29)25-15-5-3-2-4-14(15)19(21,22)23)31-18-27-26-16(28(18)24)10-30-13-8-6-12(20)7-9-13/h2-9,11H,10,24H2,1H3,(H,25,29). The van der Waals surface area contributed by atoms with Crippen molar-refractivity contribution in [3.63, 3.8) is 0 Å². The van der Waals surface area contributed by atoms with Gasteiger partial charge in [-0.2, -0.15) is 13.2 Å². The van der Waals surface area contributed by atoms with E-state index in [2.05, 4.69) is 15.5 Å². The van der Waals surface area contributed by atoms with Crippen molar-refractivity contribution in [2.45, 2.75) is 30.1 Å². The largest absolute Gasteiger partial charge is 0.486 e. The summed E-state index contributed by atoms with van der Waals surface area (Å²) in [4.78, 5) is 12.4. The van der Waals surface area contributed by atoms with Crippen LogP contribution < -0.4 is 15.9 Å². The maximum atomic E-state index is 13.1. The topological polar surface area (TPSA) is 95.1 Å². The van der Waals surface area contributed by atoms with Crippen LogP contribution in [-0.2, 0) is 17.6 Å². The van der Waals surface area contributed by atoms with E-state index < -0.39 is 28.7 Å². The Kier molecular flexibility index (Phi) is 6.68. The zero-order chi connectivity index (χ0) is 22.6. The first-order valence-corrected chi connectivity index (χ1v) is 9.74. The summed E-state index contributed by atoms with van der Waals surface area (Å²) < 4.78 is 58.8. The molecular formula is C19H17F4N5O2S. The number of rotatable bonds is 7. The second kappa shape index (κ2) is 9.25. The van der Waals surface area contributed by atoms with Gasteiger partial charge >= 0.3 is 6.18 Å². The second-order valence-electron chi connectivity index (χ2n) is 6.30. The Morgan fingerprint density at radius 3 is 2.55 bits per heavy atom. The highest BCUT2D eigenvalue weighted by Crippen LogP contribution is 2.35. The van der Waals surface area contributed by atoms with Gasteiger partial charge in [-0.1, -0.05) is 23.9 Å². The van der Waals surface area contributed by atoms with E-state index in [1.165, 1.54) is 49.4 Å². The molecule has 2 aromatic carbocycles. The highest BCUT2D eigenvalue weighted by molar-refractivity contribution is 8.00. The number of nitrogen functional groups attached to an aromatic ring is 1. The monoisotopic (exact) mass is 455 g/mol. The molecule has 0 aliphatic carbocycles. The summed E-state index contributed by atoms with van der Waals surface area (Å²) in [5.74, 6) is 5.50. The normalized spacial score (nSPS) is 12.4. The summed E-state index contributed by atoms with van der Waals surface area (Å²) >= 11 is 0.921. The van der Waals surface area contributed by atoms with Crippen LogP contribution in [0.3, 0.4) is 0 Å². The van der Waals surface area contributed by atoms with E-state index in [0.717, 1.165) is 22.5 Å². The number of thioether (sulfide) groups is 1. The molecule has 0 fully saturated rings. The fourth-order valence-electron chi connectivity index (χ4n) is 2.45. The Hall–Kier alpha value is -3.28. The zero-order valence-corrected chi connectivity index (χ0v) is 16.9. The molecule has 1 unspecified atom stereocenters. The number of amides is 1. The van der Waals surface area contributed by atoms with E-state index in [4.69, 9.17) is 10.6 Å². The van der Waals surface area contributed by atoms with E-state index in [-0.39, 0.29) is 23.3 Å². The number of alkyl halides is 3. The van der Waals surface area contributed by atoms with Gasteiger partial charge in [0.1, 0.15) is 18.2 Å². The van der Waals surface area contributed by atoms with E-state index in [0.29, 0.717) is 5.75 Å². The molecule has 164 valence electrons. The Morgan fingerprint density at radius 2 is 1.87 bits per heavy atom. The van der Waals surface area contributed by atoms with Gasteiger partial charge in [0.15, 0.2) is 5.82 Å². The van der Waals surface area contributed by atoms with Crippen molar-refractivity contribution in [2.75, 3.05) is 11.2 Å². The van der Waals surface area contributed by atoms with Gasteiger partial charge < -0.3 is 15.9 Å². The average molecular weight is 455 g/mol. The number of nitrogens with one attached hydrogen (secondary N) is 1. The number of aromatic nitrogens is 3. The lowest BCUT2D eigenvalue weighted by Crippen LogP contribution is -2.25. The SMILES string of the molecule is CC(Sc1nnc(COc2ccc(F)cc2)n1N)C(=O)Nc1ccccc1C(F)(F)F. The van der Waals surface area contributed by atoms with Gasteiger partial charge in [-0.15, -0.1) is 10.2 Å². The van der Waals surface area contributed by atoms with Gasteiger partial charge in [-0.05, 0) is 43.3 Å². The summed E-state index contributed by atoms with van der Waals surface area (Å²) in [6.45, 7) is 1.44. The van der Waals surface area contributed by atoms with Gasteiger partial charge in [0.25, 0.3) is 0 Å². The minimum Gasteiger partial charge on any atom is -0.486 e. The molecular weight excluding hydrogens is 438 g/mol. The molecule has 12 heteroatoms. The summed E-state index contributed by atoms with van der Waals surface area (Å²) in [5, 5.41) is 9.39. The average Bonchev–Trinajstić information content (AvgIpc) is 3.06. The third-order valence-corrected chi connectivity index (χ3v) is 5.12. The number of halogens is 4. The van der Waals surface area contributed by atoms with Crippen molar-refractivity contribution in [1.29, 1.82) is 0 Å². The van der Waals surface area contributed by atoms with Crippen LogP contribution in [0.1, 0.15) is 18.3 Å². The van der Waals surface area contributed by atoms with Crippen molar-refractivity contribution in [1.82, 2.24) is 14.9 Å². The molecule has 3 rings (SSSR count). The van der Waals surface area contributed by atoms with Gasteiger partial charge in [0.05, 0.1) is 16.5 Å². The first-order valence-electron chi connectivity index (χ1n) is 8.86. The molecule has 0 saturated heterocycles. The van der Waals surface area contributed by atoms with Gasteiger partial charge in [-0.3, -0.25) is 4.79 Å². The Morgan fingerprint density at radius 1 is 1.19 bits per heavy atom. The summed E-state index contributed by atoms with van der Waals surface area (Å²) in [7, 11) is 0. The van der Waals surface area contributed by atoms with Crippen LogP contribution in [0.25, 0.3) is 0 Å². The minimum atomic E-state index is -4.60. The lowest BCUT2D eigenvalue weighted by atomic mass is 10.1. The van der Waals surface area contributed by atoms with Crippen LogP contribution in [0.4, 0.5) is 23.2 Å². The number of ether oxygens (including phenoxy) is 1. The van der Waals surface area contributed by atoms with Gasteiger partial charge in [-0.25, -0.2) is 9.07 Å². The Labute approximate surface area is 178 Å². The second-order valence-corrected chi connectivity index (χ2v) is 7.61. The summed E-state index contributed by atoms with van der Waals surface area (Å²) in [6.07, 6.45) is -4.60. The lowest BCUT2D eigenvalue weighted by Gasteiger charge is -2.16. The van der Waals surface area contributed by atoms with Crippen LogP contribution in [-0.4, -0.2) is 26.0 Å². The Balaban J connectivity index is 1.62. The van der Waals surface area contributed by atoms with Crippen molar-refractivity contribution < 1.29 is 27.1 Å². The summed E-state index contributed by atoms with van der Waals surface area (Å²) in [6, 6.07) is 10.0. The first kappa shape index (κ1) is 22.4. The lowest BCUT2D eigenvalue weighted by molar-refractivity contribution is -0.137. The molecule has 0 radical (unpaired) electrons. The first-order chi connectivity index (χ1) is 14.6. The maximum Gasteiger partial charge on any atom is 0.418 e. The van der Waals surface area contributed by atoms with Crippen molar-refractivity contribution >= 4 is 23.4 Å². The third kappa shape index (κ3) is 5.66. The molecule has 0 saturated carbocycles. The van der Waals surface area contributed by atoms with E-state index in [1.54, 1.807) is 0 Å². The molecule has 0 aliphatic rings. The predicted molar refractivity (Wildman–Crippen MR) is 106 cm³/mol.